The molecular weight excluding hydrogens is 208 g/mol. The van der Waals surface area contributed by atoms with Crippen LogP contribution in [-0.4, -0.2) is 30.6 Å². The molecule has 100 valence electrons. The number of nitrogens with zero attached hydrogens (tertiary/aromatic N) is 1. The van der Waals surface area contributed by atoms with Crippen LogP contribution >= 0.6 is 0 Å². The number of hydrogen-bond donors (Lipinski definition) is 1. The van der Waals surface area contributed by atoms with Gasteiger partial charge in [0.1, 0.15) is 0 Å². The van der Waals surface area contributed by atoms with E-state index in [1.54, 1.807) is 0 Å². The highest BCUT2D eigenvalue weighted by Gasteiger charge is 2.34. The van der Waals surface area contributed by atoms with Gasteiger partial charge in [-0.3, -0.25) is 0 Å². The van der Waals surface area contributed by atoms with E-state index in [1.807, 2.05) is 0 Å². The van der Waals surface area contributed by atoms with Gasteiger partial charge in [-0.2, -0.15) is 0 Å². The number of likely N-dealkylation sites (tertiary alicyclic amines) is 1. The summed E-state index contributed by atoms with van der Waals surface area (Å²) < 4.78 is 0. The maximum absolute atomic E-state index is 5.60. The van der Waals surface area contributed by atoms with Gasteiger partial charge >= 0.3 is 0 Å². The monoisotopic (exact) mass is 238 g/mol. The second kappa shape index (κ2) is 6.75. The first-order valence-corrected chi connectivity index (χ1v) is 7.75. The Labute approximate surface area is 107 Å². The van der Waals surface area contributed by atoms with Crippen molar-refractivity contribution in [2.45, 2.75) is 64.3 Å². The molecule has 3 unspecified atom stereocenters. The summed E-state index contributed by atoms with van der Waals surface area (Å²) in [5, 5.41) is 0. The molecule has 17 heavy (non-hydrogen) atoms. The molecule has 2 aliphatic rings. The van der Waals surface area contributed by atoms with E-state index in [2.05, 4.69) is 11.8 Å². The molecule has 1 saturated heterocycles. The first-order chi connectivity index (χ1) is 8.31. The summed E-state index contributed by atoms with van der Waals surface area (Å²) in [7, 11) is 0. The van der Waals surface area contributed by atoms with Gasteiger partial charge in [0.05, 0.1) is 0 Å². The van der Waals surface area contributed by atoms with Gasteiger partial charge in [-0.15, -0.1) is 0 Å². The van der Waals surface area contributed by atoms with Gasteiger partial charge in [-0.05, 0) is 70.0 Å². The van der Waals surface area contributed by atoms with Gasteiger partial charge in [0.2, 0.25) is 0 Å². The van der Waals surface area contributed by atoms with Crippen molar-refractivity contribution in [1.82, 2.24) is 4.90 Å². The fourth-order valence-corrected chi connectivity index (χ4v) is 3.85. The van der Waals surface area contributed by atoms with E-state index in [-0.39, 0.29) is 0 Å². The minimum atomic E-state index is 0.824. The van der Waals surface area contributed by atoms with Crippen LogP contribution in [0.1, 0.15) is 58.3 Å². The average Bonchev–Trinajstić information content (AvgIpc) is 2.73. The third-order valence-corrected chi connectivity index (χ3v) is 4.93. The predicted octanol–water partition coefficient (Wildman–Crippen LogP) is 3.02. The average molecular weight is 238 g/mol. The molecule has 0 spiro atoms. The highest BCUT2D eigenvalue weighted by Crippen LogP contribution is 2.36. The van der Waals surface area contributed by atoms with Crippen molar-refractivity contribution in [3.05, 3.63) is 0 Å². The van der Waals surface area contributed by atoms with Gasteiger partial charge in [0, 0.05) is 6.04 Å². The molecule has 0 amide bonds. The Morgan fingerprint density at radius 1 is 1.18 bits per heavy atom. The lowest BCUT2D eigenvalue weighted by Crippen LogP contribution is -2.35. The molecule has 0 aromatic carbocycles. The largest absolute Gasteiger partial charge is 0.330 e. The number of nitrogens with two attached hydrogens (primary N) is 1. The maximum atomic E-state index is 5.60. The van der Waals surface area contributed by atoms with Crippen molar-refractivity contribution in [2.24, 2.45) is 17.6 Å². The lowest BCUT2D eigenvalue weighted by molar-refractivity contribution is 0.177. The van der Waals surface area contributed by atoms with E-state index in [1.165, 1.54) is 64.5 Å². The van der Waals surface area contributed by atoms with E-state index in [9.17, 15) is 0 Å². The van der Waals surface area contributed by atoms with Gasteiger partial charge in [-0.1, -0.05) is 19.8 Å². The number of hydrogen-bond acceptors (Lipinski definition) is 2. The molecule has 2 rings (SSSR count). The lowest BCUT2D eigenvalue weighted by Gasteiger charge is -2.31. The first-order valence-electron chi connectivity index (χ1n) is 7.75. The number of rotatable bonds is 6. The third kappa shape index (κ3) is 3.69. The molecule has 2 heteroatoms. The smallest absolute Gasteiger partial charge is 0.0124 e. The molecule has 0 radical (unpaired) electrons. The molecule has 2 N–H and O–H groups in total. The summed E-state index contributed by atoms with van der Waals surface area (Å²) in [5.41, 5.74) is 5.60. The van der Waals surface area contributed by atoms with Gasteiger partial charge < -0.3 is 10.6 Å². The zero-order chi connectivity index (χ0) is 12.1. The topological polar surface area (TPSA) is 29.3 Å². The van der Waals surface area contributed by atoms with Crippen LogP contribution in [0.4, 0.5) is 0 Å². The van der Waals surface area contributed by atoms with Crippen LogP contribution in [-0.2, 0) is 0 Å². The van der Waals surface area contributed by atoms with Crippen LogP contribution in [0.15, 0.2) is 0 Å². The SMILES string of the molecule is CC(CCN)CCCN1CCC2CCCCC21. The lowest BCUT2D eigenvalue weighted by atomic mass is 9.85. The third-order valence-electron chi connectivity index (χ3n) is 4.93. The van der Waals surface area contributed by atoms with Gasteiger partial charge in [0.25, 0.3) is 0 Å². The molecule has 1 saturated carbocycles. The van der Waals surface area contributed by atoms with Crippen LogP contribution in [0.2, 0.25) is 0 Å². The quantitative estimate of drug-likeness (QED) is 0.771. The normalized spacial score (nSPS) is 31.4. The number of fused-ring (bicyclic) bond motifs is 1. The van der Waals surface area contributed by atoms with Gasteiger partial charge in [0.15, 0.2) is 0 Å². The summed E-state index contributed by atoms with van der Waals surface area (Å²) in [6.45, 7) is 5.92. The van der Waals surface area contributed by atoms with Crippen LogP contribution in [0.5, 0.6) is 0 Å². The summed E-state index contributed by atoms with van der Waals surface area (Å²) in [6.07, 6.45) is 11.4. The Morgan fingerprint density at radius 2 is 2.00 bits per heavy atom. The fraction of sp³-hybridized carbons (Fsp3) is 1.00. The first kappa shape index (κ1) is 13.4. The summed E-state index contributed by atoms with van der Waals surface area (Å²) in [6, 6.07) is 0.952. The van der Waals surface area contributed by atoms with Crippen LogP contribution in [0, 0.1) is 11.8 Å². The van der Waals surface area contributed by atoms with Crippen molar-refractivity contribution >= 4 is 0 Å². The highest BCUT2D eigenvalue weighted by atomic mass is 15.2. The molecular formula is C15H30N2. The van der Waals surface area contributed by atoms with E-state index in [0.717, 1.165) is 24.4 Å². The maximum Gasteiger partial charge on any atom is 0.0124 e. The van der Waals surface area contributed by atoms with Gasteiger partial charge in [-0.25, -0.2) is 0 Å². The van der Waals surface area contributed by atoms with E-state index in [4.69, 9.17) is 5.73 Å². The van der Waals surface area contributed by atoms with E-state index < -0.39 is 0 Å². The summed E-state index contributed by atoms with van der Waals surface area (Å²) in [5.74, 6) is 1.87. The zero-order valence-electron chi connectivity index (χ0n) is 11.5. The Morgan fingerprint density at radius 3 is 2.82 bits per heavy atom. The Hall–Kier alpha value is -0.0800. The summed E-state index contributed by atoms with van der Waals surface area (Å²) >= 11 is 0. The standard InChI is InChI=1S/C15H30N2/c1-13(8-10-16)5-4-11-17-12-9-14-6-2-3-7-15(14)17/h13-15H,2-12,16H2,1H3. The Kier molecular flexibility index (Phi) is 5.30. The zero-order valence-corrected chi connectivity index (χ0v) is 11.5. The van der Waals surface area contributed by atoms with Crippen molar-refractivity contribution in [1.29, 1.82) is 0 Å². The molecule has 1 aliphatic carbocycles. The molecule has 2 nitrogen and oxygen atoms in total. The van der Waals surface area contributed by atoms with Crippen LogP contribution in [0.25, 0.3) is 0 Å². The summed E-state index contributed by atoms with van der Waals surface area (Å²) in [4.78, 5) is 2.79. The molecule has 0 aromatic heterocycles. The molecule has 1 aliphatic heterocycles. The highest BCUT2D eigenvalue weighted by molar-refractivity contribution is 4.89. The Bertz CT molecular complexity index is 217. The fourth-order valence-electron chi connectivity index (χ4n) is 3.85. The minimum Gasteiger partial charge on any atom is -0.330 e. The molecule has 3 atom stereocenters. The minimum absolute atomic E-state index is 0.824. The van der Waals surface area contributed by atoms with Crippen molar-refractivity contribution in [3.63, 3.8) is 0 Å². The second-order valence-electron chi connectivity index (χ2n) is 6.26. The molecule has 0 bridgehead atoms. The van der Waals surface area contributed by atoms with Crippen molar-refractivity contribution in [2.75, 3.05) is 19.6 Å². The molecule has 1 heterocycles. The van der Waals surface area contributed by atoms with E-state index >= 15 is 0 Å². The van der Waals surface area contributed by atoms with Crippen molar-refractivity contribution < 1.29 is 0 Å². The van der Waals surface area contributed by atoms with E-state index in [0.29, 0.717) is 0 Å². The Balaban J connectivity index is 1.65. The molecule has 2 fully saturated rings. The predicted molar refractivity (Wildman–Crippen MR) is 74.0 cm³/mol. The van der Waals surface area contributed by atoms with Crippen LogP contribution < -0.4 is 5.73 Å². The second-order valence-corrected chi connectivity index (χ2v) is 6.26. The molecule has 0 aromatic rings. The van der Waals surface area contributed by atoms with Crippen LogP contribution in [0.3, 0.4) is 0 Å². The van der Waals surface area contributed by atoms with Crippen molar-refractivity contribution in [3.8, 4) is 0 Å².